The second-order valence-electron chi connectivity index (χ2n) is 5.83. The maximum atomic E-state index is 13.0. The SMILES string of the molecule is Cc1cc(C)c2c(n1)N(CCCCl)c1ccccc1N(C)C2=O. The van der Waals surface area contributed by atoms with Crippen LogP contribution < -0.4 is 9.80 Å². The molecule has 0 saturated carbocycles. The van der Waals surface area contributed by atoms with Gasteiger partial charge in [-0.25, -0.2) is 4.98 Å². The van der Waals surface area contributed by atoms with Crippen molar-refractivity contribution in [3.05, 3.63) is 47.2 Å². The normalized spacial score (nSPS) is 13.7. The molecule has 0 N–H and O–H groups in total. The average molecular weight is 330 g/mol. The van der Waals surface area contributed by atoms with Gasteiger partial charge in [-0.15, -0.1) is 11.6 Å². The highest BCUT2D eigenvalue weighted by Gasteiger charge is 2.31. The van der Waals surface area contributed by atoms with E-state index in [0.717, 1.165) is 41.4 Å². The fraction of sp³-hybridized carbons (Fsp3) is 0.333. The number of carbonyl (C=O) groups is 1. The van der Waals surface area contributed by atoms with Crippen molar-refractivity contribution in [1.82, 2.24) is 4.98 Å². The summed E-state index contributed by atoms with van der Waals surface area (Å²) in [5.41, 5.74) is 4.41. The van der Waals surface area contributed by atoms with E-state index in [2.05, 4.69) is 9.88 Å². The predicted molar refractivity (Wildman–Crippen MR) is 95.2 cm³/mol. The number of aromatic nitrogens is 1. The number of fused-ring (bicyclic) bond motifs is 2. The molecular formula is C18H20ClN3O. The van der Waals surface area contributed by atoms with E-state index in [9.17, 15) is 4.79 Å². The number of hydrogen-bond donors (Lipinski definition) is 0. The third-order valence-electron chi connectivity index (χ3n) is 4.15. The van der Waals surface area contributed by atoms with Crippen LogP contribution in [0.25, 0.3) is 0 Å². The van der Waals surface area contributed by atoms with Crippen molar-refractivity contribution in [1.29, 1.82) is 0 Å². The van der Waals surface area contributed by atoms with Gasteiger partial charge in [-0.05, 0) is 44.0 Å². The molecule has 3 rings (SSSR count). The summed E-state index contributed by atoms with van der Waals surface area (Å²) in [6, 6.07) is 9.89. The zero-order valence-corrected chi connectivity index (χ0v) is 14.4. The minimum Gasteiger partial charge on any atom is -0.324 e. The van der Waals surface area contributed by atoms with E-state index >= 15 is 0 Å². The lowest BCUT2D eigenvalue weighted by Crippen LogP contribution is -2.26. The molecular weight excluding hydrogens is 310 g/mol. The van der Waals surface area contributed by atoms with Crippen LogP contribution in [0.5, 0.6) is 0 Å². The summed E-state index contributed by atoms with van der Waals surface area (Å²) in [5, 5.41) is 0. The van der Waals surface area contributed by atoms with Crippen LogP contribution in [-0.4, -0.2) is 30.4 Å². The number of aryl methyl sites for hydroxylation is 2. The van der Waals surface area contributed by atoms with Crippen LogP contribution in [-0.2, 0) is 0 Å². The largest absolute Gasteiger partial charge is 0.324 e. The van der Waals surface area contributed by atoms with Crippen LogP contribution in [0.2, 0.25) is 0 Å². The number of hydrogen-bond acceptors (Lipinski definition) is 3. The van der Waals surface area contributed by atoms with E-state index in [1.54, 1.807) is 4.90 Å². The molecule has 0 aliphatic carbocycles. The van der Waals surface area contributed by atoms with E-state index in [-0.39, 0.29) is 5.91 Å². The minimum absolute atomic E-state index is 0.0224. The van der Waals surface area contributed by atoms with E-state index in [0.29, 0.717) is 11.4 Å². The maximum absolute atomic E-state index is 13.0. The highest BCUT2D eigenvalue weighted by atomic mass is 35.5. The van der Waals surface area contributed by atoms with Crippen LogP contribution in [0.1, 0.15) is 28.0 Å². The van der Waals surface area contributed by atoms with Gasteiger partial charge in [0.2, 0.25) is 0 Å². The zero-order chi connectivity index (χ0) is 16.6. The van der Waals surface area contributed by atoms with Crippen LogP contribution in [0.4, 0.5) is 17.2 Å². The molecule has 0 fully saturated rings. The number of para-hydroxylation sites is 2. The zero-order valence-electron chi connectivity index (χ0n) is 13.6. The summed E-state index contributed by atoms with van der Waals surface area (Å²) in [6.07, 6.45) is 0.821. The fourth-order valence-electron chi connectivity index (χ4n) is 3.09. The van der Waals surface area contributed by atoms with Gasteiger partial charge < -0.3 is 9.80 Å². The number of benzene rings is 1. The van der Waals surface area contributed by atoms with Crippen LogP contribution in [0.15, 0.2) is 30.3 Å². The Morgan fingerprint density at radius 1 is 1.17 bits per heavy atom. The molecule has 4 nitrogen and oxygen atoms in total. The topological polar surface area (TPSA) is 36.4 Å². The van der Waals surface area contributed by atoms with Gasteiger partial charge in [-0.1, -0.05) is 12.1 Å². The van der Waals surface area contributed by atoms with Gasteiger partial charge in [0.15, 0.2) is 0 Å². The summed E-state index contributed by atoms with van der Waals surface area (Å²) >= 11 is 5.91. The van der Waals surface area contributed by atoms with Crippen LogP contribution in [0, 0.1) is 13.8 Å². The lowest BCUT2D eigenvalue weighted by atomic mass is 10.1. The molecule has 1 aromatic carbocycles. The van der Waals surface area contributed by atoms with Crippen LogP contribution in [0.3, 0.4) is 0 Å². The van der Waals surface area contributed by atoms with Crippen LogP contribution >= 0.6 is 11.6 Å². The molecule has 1 aliphatic rings. The predicted octanol–water partition coefficient (Wildman–Crippen LogP) is 4.06. The summed E-state index contributed by atoms with van der Waals surface area (Å²) in [6.45, 7) is 4.65. The second-order valence-corrected chi connectivity index (χ2v) is 6.20. The van der Waals surface area contributed by atoms with Gasteiger partial charge in [0.25, 0.3) is 5.91 Å². The smallest absolute Gasteiger partial charge is 0.262 e. The number of amides is 1. The number of pyridine rings is 1. The Bertz CT molecular complexity index is 760. The van der Waals surface area contributed by atoms with E-state index < -0.39 is 0 Å². The average Bonchev–Trinajstić information content (AvgIpc) is 2.61. The second kappa shape index (κ2) is 6.20. The van der Waals surface area contributed by atoms with Crippen molar-refractivity contribution in [2.45, 2.75) is 20.3 Å². The van der Waals surface area contributed by atoms with Gasteiger partial charge in [-0.2, -0.15) is 0 Å². The lowest BCUT2D eigenvalue weighted by molar-refractivity contribution is 0.0993. The number of rotatable bonds is 3. The Hall–Kier alpha value is -2.07. The van der Waals surface area contributed by atoms with E-state index in [1.165, 1.54) is 0 Å². The standard InChI is InChI=1S/C18H20ClN3O/c1-12-11-13(2)20-17-16(12)18(23)21(3)14-7-4-5-8-15(14)22(17)10-6-9-19/h4-5,7-8,11H,6,9-10H2,1-3H3. The van der Waals surface area contributed by atoms with Crippen molar-refractivity contribution >= 4 is 34.7 Å². The van der Waals surface area contributed by atoms with Crippen molar-refractivity contribution < 1.29 is 4.79 Å². The number of alkyl halides is 1. The highest BCUT2D eigenvalue weighted by molar-refractivity contribution is 6.18. The van der Waals surface area contributed by atoms with Gasteiger partial charge in [0.05, 0.1) is 16.9 Å². The molecule has 23 heavy (non-hydrogen) atoms. The molecule has 1 aliphatic heterocycles. The summed E-state index contributed by atoms with van der Waals surface area (Å²) in [4.78, 5) is 21.5. The Morgan fingerprint density at radius 3 is 2.57 bits per heavy atom. The molecule has 2 heterocycles. The Labute approximate surface area is 141 Å². The summed E-state index contributed by atoms with van der Waals surface area (Å²) in [5.74, 6) is 1.28. The van der Waals surface area contributed by atoms with E-state index in [1.807, 2.05) is 51.2 Å². The number of nitrogens with zero attached hydrogens (tertiary/aromatic N) is 3. The molecule has 2 aromatic rings. The Kier molecular flexibility index (Phi) is 4.26. The molecule has 0 saturated heterocycles. The molecule has 0 radical (unpaired) electrons. The molecule has 0 bridgehead atoms. The van der Waals surface area contributed by atoms with Crippen molar-refractivity contribution in [3.8, 4) is 0 Å². The summed E-state index contributed by atoms with van der Waals surface area (Å²) in [7, 11) is 1.81. The first-order chi connectivity index (χ1) is 11.0. The van der Waals surface area contributed by atoms with Gasteiger partial charge in [-0.3, -0.25) is 4.79 Å². The minimum atomic E-state index is -0.0224. The first-order valence-electron chi connectivity index (χ1n) is 7.73. The first-order valence-corrected chi connectivity index (χ1v) is 8.27. The number of halogens is 1. The van der Waals surface area contributed by atoms with E-state index in [4.69, 9.17) is 11.6 Å². The fourth-order valence-corrected chi connectivity index (χ4v) is 3.21. The van der Waals surface area contributed by atoms with Crippen molar-refractivity contribution in [2.75, 3.05) is 29.3 Å². The Morgan fingerprint density at radius 2 is 1.87 bits per heavy atom. The highest BCUT2D eigenvalue weighted by Crippen LogP contribution is 2.40. The molecule has 0 spiro atoms. The molecule has 120 valence electrons. The monoisotopic (exact) mass is 329 g/mol. The van der Waals surface area contributed by atoms with Crippen molar-refractivity contribution in [3.63, 3.8) is 0 Å². The van der Waals surface area contributed by atoms with Crippen molar-refractivity contribution in [2.24, 2.45) is 0 Å². The van der Waals surface area contributed by atoms with Gasteiger partial charge >= 0.3 is 0 Å². The molecule has 1 aromatic heterocycles. The first kappa shape index (κ1) is 15.8. The number of carbonyl (C=O) groups excluding carboxylic acids is 1. The lowest BCUT2D eigenvalue weighted by Gasteiger charge is -2.25. The quantitative estimate of drug-likeness (QED) is 0.797. The molecule has 5 heteroatoms. The Balaban J connectivity index is 2.29. The molecule has 1 amide bonds. The summed E-state index contributed by atoms with van der Waals surface area (Å²) < 4.78 is 0. The number of anilines is 3. The third kappa shape index (κ3) is 2.68. The van der Waals surface area contributed by atoms with Gasteiger partial charge in [0, 0.05) is 25.2 Å². The van der Waals surface area contributed by atoms with Gasteiger partial charge in [0.1, 0.15) is 5.82 Å². The maximum Gasteiger partial charge on any atom is 0.262 e. The molecule has 0 atom stereocenters. The molecule has 0 unspecified atom stereocenters. The third-order valence-corrected chi connectivity index (χ3v) is 4.42.